The largest absolute Gasteiger partial charge is 0.383 e. The Morgan fingerprint density at radius 3 is 2.80 bits per heavy atom. The molecule has 1 aliphatic heterocycles. The zero-order valence-electron chi connectivity index (χ0n) is 15.0. The van der Waals surface area contributed by atoms with Crippen molar-refractivity contribution in [3.05, 3.63) is 35.9 Å². The number of amides is 3. The van der Waals surface area contributed by atoms with Gasteiger partial charge in [0.1, 0.15) is 0 Å². The number of nitrogens with one attached hydrogen (secondary N) is 2. The van der Waals surface area contributed by atoms with E-state index >= 15 is 0 Å². The van der Waals surface area contributed by atoms with Crippen LogP contribution in [0.1, 0.15) is 31.2 Å². The van der Waals surface area contributed by atoms with E-state index < -0.39 is 0 Å². The fourth-order valence-corrected chi connectivity index (χ4v) is 2.99. The Labute approximate surface area is 149 Å². The molecule has 2 N–H and O–H groups in total. The molecule has 0 saturated carbocycles. The summed E-state index contributed by atoms with van der Waals surface area (Å²) < 4.78 is 5.27. The number of nitrogens with zero attached hydrogens (tertiary/aromatic N) is 1. The minimum Gasteiger partial charge on any atom is -0.383 e. The monoisotopic (exact) mass is 347 g/mol. The van der Waals surface area contributed by atoms with Crippen LogP contribution in [0.3, 0.4) is 0 Å². The quantitative estimate of drug-likeness (QED) is 0.855. The molecule has 1 saturated heterocycles. The number of hydrogen-bond acceptors (Lipinski definition) is 3. The van der Waals surface area contributed by atoms with Crippen molar-refractivity contribution >= 4 is 11.9 Å². The van der Waals surface area contributed by atoms with Gasteiger partial charge in [0.25, 0.3) is 0 Å². The molecule has 0 spiro atoms. The average molecular weight is 347 g/mol. The van der Waals surface area contributed by atoms with Gasteiger partial charge >= 0.3 is 6.03 Å². The van der Waals surface area contributed by atoms with Crippen LogP contribution in [0, 0.1) is 0 Å². The van der Waals surface area contributed by atoms with Crippen molar-refractivity contribution in [1.82, 2.24) is 15.5 Å². The maximum absolute atomic E-state index is 12.7. The van der Waals surface area contributed by atoms with Gasteiger partial charge in [-0.15, -0.1) is 0 Å². The molecule has 2 rings (SSSR count). The fourth-order valence-electron chi connectivity index (χ4n) is 2.99. The molecule has 1 fully saturated rings. The van der Waals surface area contributed by atoms with E-state index in [2.05, 4.69) is 10.6 Å². The summed E-state index contributed by atoms with van der Waals surface area (Å²) in [7, 11) is 1.64. The first-order valence-corrected chi connectivity index (χ1v) is 9.04. The molecule has 1 unspecified atom stereocenters. The normalized spacial score (nSPS) is 17.5. The van der Waals surface area contributed by atoms with Crippen LogP contribution in [0.4, 0.5) is 4.79 Å². The van der Waals surface area contributed by atoms with Crippen LogP contribution in [0.2, 0.25) is 0 Å². The standard InChI is InChI=1S/C19H29N3O3/c1-25-15-17(14-16-8-4-2-5-9-16)21-19(24)22-12-7-3-6-11-20-18(23)10-13-22/h2,4-5,8-9,17H,3,6-7,10-15H2,1H3,(H,20,23)(H,21,24). The molecule has 6 nitrogen and oxygen atoms in total. The van der Waals surface area contributed by atoms with E-state index in [-0.39, 0.29) is 18.0 Å². The summed E-state index contributed by atoms with van der Waals surface area (Å²) in [5.41, 5.74) is 1.16. The molecule has 3 amide bonds. The lowest BCUT2D eigenvalue weighted by molar-refractivity contribution is -0.121. The minimum absolute atomic E-state index is 0.0115. The third-order valence-corrected chi connectivity index (χ3v) is 4.34. The Balaban J connectivity index is 1.93. The van der Waals surface area contributed by atoms with Crippen molar-refractivity contribution in [1.29, 1.82) is 0 Å². The lowest BCUT2D eigenvalue weighted by Crippen LogP contribution is -2.48. The highest BCUT2D eigenvalue weighted by molar-refractivity contribution is 5.78. The second kappa shape index (κ2) is 10.7. The Kier molecular flexibility index (Phi) is 8.25. The second-order valence-corrected chi connectivity index (χ2v) is 6.44. The SMILES string of the molecule is COCC(Cc1ccccc1)NC(=O)N1CCCCCNC(=O)CC1. The highest BCUT2D eigenvalue weighted by Gasteiger charge is 2.19. The topological polar surface area (TPSA) is 70.7 Å². The van der Waals surface area contributed by atoms with Gasteiger partial charge in [0.05, 0.1) is 12.6 Å². The van der Waals surface area contributed by atoms with E-state index in [0.717, 1.165) is 37.8 Å². The van der Waals surface area contributed by atoms with Gasteiger partial charge in [-0.1, -0.05) is 30.3 Å². The van der Waals surface area contributed by atoms with E-state index in [4.69, 9.17) is 4.74 Å². The molecule has 0 aliphatic carbocycles. The molecule has 6 heteroatoms. The Morgan fingerprint density at radius 1 is 1.24 bits per heavy atom. The number of urea groups is 1. The number of carbonyl (C=O) groups excluding carboxylic acids is 2. The van der Waals surface area contributed by atoms with Crippen molar-refractivity contribution in [3.63, 3.8) is 0 Å². The van der Waals surface area contributed by atoms with Gasteiger partial charge in [-0.2, -0.15) is 0 Å². The number of ether oxygens (including phenoxy) is 1. The van der Waals surface area contributed by atoms with Crippen LogP contribution < -0.4 is 10.6 Å². The van der Waals surface area contributed by atoms with Gasteiger partial charge in [-0.05, 0) is 31.2 Å². The predicted molar refractivity (Wildman–Crippen MR) is 97.4 cm³/mol. The molecule has 0 radical (unpaired) electrons. The van der Waals surface area contributed by atoms with Gasteiger partial charge < -0.3 is 20.3 Å². The van der Waals surface area contributed by atoms with E-state index in [0.29, 0.717) is 26.1 Å². The number of carbonyl (C=O) groups is 2. The summed E-state index contributed by atoms with van der Waals surface area (Å²) in [4.78, 5) is 26.2. The van der Waals surface area contributed by atoms with Crippen molar-refractivity contribution in [2.75, 3.05) is 33.4 Å². The second-order valence-electron chi connectivity index (χ2n) is 6.44. The summed E-state index contributed by atoms with van der Waals surface area (Å²) in [6.45, 7) is 2.32. The summed E-state index contributed by atoms with van der Waals surface area (Å²) in [6, 6.07) is 9.83. The number of benzene rings is 1. The van der Waals surface area contributed by atoms with Gasteiger partial charge in [-0.3, -0.25) is 4.79 Å². The molecular formula is C19H29N3O3. The molecule has 25 heavy (non-hydrogen) atoms. The molecule has 1 aromatic rings. The van der Waals surface area contributed by atoms with Crippen molar-refractivity contribution in [3.8, 4) is 0 Å². The highest BCUT2D eigenvalue weighted by Crippen LogP contribution is 2.07. The first-order chi connectivity index (χ1) is 12.2. The molecular weight excluding hydrogens is 318 g/mol. The molecule has 1 heterocycles. The van der Waals surface area contributed by atoms with Gasteiger partial charge in [0.15, 0.2) is 0 Å². The Bertz CT molecular complexity index is 536. The first kappa shape index (κ1) is 19.2. The lowest BCUT2D eigenvalue weighted by atomic mass is 10.1. The molecule has 138 valence electrons. The summed E-state index contributed by atoms with van der Waals surface area (Å²) in [5.74, 6) is 0.0115. The van der Waals surface area contributed by atoms with Gasteiger partial charge in [0.2, 0.25) is 5.91 Å². The smallest absolute Gasteiger partial charge is 0.317 e. The van der Waals surface area contributed by atoms with E-state index in [1.54, 1.807) is 12.0 Å². The summed E-state index contributed by atoms with van der Waals surface area (Å²) >= 11 is 0. The van der Waals surface area contributed by atoms with Crippen molar-refractivity contribution in [2.45, 2.75) is 38.1 Å². The minimum atomic E-state index is -0.119. The lowest BCUT2D eigenvalue weighted by Gasteiger charge is -2.27. The number of rotatable bonds is 5. The third kappa shape index (κ3) is 7.13. The zero-order valence-corrected chi connectivity index (χ0v) is 15.0. The van der Waals surface area contributed by atoms with Crippen molar-refractivity contribution in [2.24, 2.45) is 0 Å². The van der Waals surface area contributed by atoms with Crippen molar-refractivity contribution < 1.29 is 14.3 Å². The predicted octanol–water partition coefficient (Wildman–Crippen LogP) is 1.95. The van der Waals surface area contributed by atoms with Gasteiger partial charge in [0, 0.05) is 33.2 Å². The Hall–Kier alpha value is -2.08. The van der Waals surface area contributed by atoms with Crippen LogP contribution in [0.15, 0.2) is 30.3 Å². The van der Waals surface area contributed by atoms with Crippen LogP contribution in [0.5, 0.6) is 0 Å². The molecule has 0 aromatic heterocycles. The molecule has 1 atom stereocenters. The number of methoxy groups -OCH3 is 1. The van der Waals surface area contributed by atoms with Crippen LogP contribution in [-0.2, 0) is 16.0 Å². The summed E-state index contributed by atoms with van der Waals surface area (Å²) in [5, 5.41) is 5.95. The molecule has 1 aromatic carbocycles. The van der Waals surface area contributed by atoms with E-state index in [1.807, 2.05) is 30.3 Å². The maximum Gasteiger partial charge on any atom is 0.317 e. The third-order valence-electron chi connectivity index (χ3n) is 4.34. The highest BCUT2D eigenvalue weighted by atomic mass is 16.5. The first-order valence-electron chi connectivity index (χ1n) is 9.04. The van der Waals surface area contributed by atoms with E-state index in [1.165, 1.54) is 0 Å². The van der Waals surface area contributed by atoms with Crippen LogP contribution >= 0.6 is 0 Å². The van der Waals surface area contributed by atoms with Crippen LogP contribution in [-0.4, -0.2) is 56.2 Å². The summed E-state index contributed by atoms with van der Waals surface area (Å²) in [6.07, 6.45) is 3.99. The average Bonchev–Trinajstić information content (AvgIpc) is 2.61. The van der Waals surface area contributed by atoms with Crippen LogP contribution in [0.25, 0.3) is 0 Å². The fraction of sp³-hybridized carbons (Fsp3) is 0.579. The van der Waals surface area contributed by atoms with Gasteiger partial charge in [-0.25, -0.2) is 4.79 Å². The zero-order chi connectivity index (χ0) is 17.9. The number of hydrogen-bond donors (Lipinski definition) is 2. The Morgan fingerprint density at radius 2 is 2.04 bits per heavy atom. The maximum atomic E-state index is 12.7. The van der Waals surface area contributed by atoms with E-state index in [9.17, 15) is 9.59 Å². The molecule has 0 bridgehead atoms. The molecule has 1 aliphatic rings.